The second-order valence-electron chi connectivity index (χ2n) is 5.84. The molecule has 146 valence electrons. The summed E-state index contributed by atoms with van der Waals surface area (Å²) in [4.78, 5) is 36.1. The van der Waals surface area contributed by atoms with Crippen LogP contribution >= 0.6 is 23.2 Å². The molecule has 0 heterocycles. The average Bonchev–Trinajstić information content (AvgIpc) is 2.60. The van der Waals surface area contributed by atoms with E-state index in [-0.39, 0.29) is 5.70 Å². The molecule has 0 fully saturated rings. The van der Waals surface area contributed by atoms with Gasteiger partial charge >= 0.3 is 5.97 Å². The molecule has 0 aliphatic carbocycles. The summed E-state index contributed by atoms with van der Waals surface area (Å²) in [6, 6.07) is 13.5. The van der Waals surface area contributed by atoms with Gasteiger partial charge in [0.1, 0.15) is 5.70 Å². The van der Waals surface area contributed by atoms with Crippen molar-refractivity contribution in [2.75, 3.05) is 5.32 Å². The van der Waals surface area contributed by atoms with Gasteiger partial charge in [-0.1, -0.05) is 53.5 Å². The van der Waals surface area contributed by atoms with Gasteiger partial charge in [-0.05, 0) is 36.8 Å². The minimum absolute atomic E-state index is 0.0795. The molecule has 0 radical (unpaired) electrons. The molecule has 2 N–H and O–H groups in total. The Bertz CT molecular complexity index is 893. The zero-order chi connectivity index (χ0) is 20.7. The molecule has 0 saturated heterocycles. The normalized spacial score (nSPS) is 12.1. The zero-order valence-electron chi connectivity index (χ0n) is 15.2. The van der Waals surface area contributed by atoms with Crippen LogP contribution in [0.5, 0.6) is 0 Å². The van der Waals surface area contributed by atoms with Crippen molar-refractivity contribution in [3.05, 3.63) is 69.8 Å². The predicted molar refractivity (Wildman–Crippen MR) is 109 cm³/mol. The van der Waals surface area contributed by atoms with Crippen LogP contribution in [0.25, 0.3) is 6.08 Å². The molecule has 0 saturated carbocycles. The molecule has 8 heteroatoms. The summed E-state index contributed by atoms with van der Waals surface area (Å²) >= 11 is 11.8. The van der Waals surface area contributed by atoms with Crippen LogP contribution < -0.4 is 10.6 Å². The molecule has 0 aromatic heterocycles. The van der Waals surface area contributed by atoms with Crippen molar-refractivity contribution in [2.45, 2.75) is 20.0 Å². The van der Waals surface area contributed by atoms with Crippen LogP contribution in [-0.4, -0.2) is 23.9 Å². The molecule has 28 heavy (non-hydrogen) atoms. The lowest BCUT2D eigenvalue weighted by atomic mass is 10.2. The highest BCUT2D eigenvalue weighted by molar-refractivity contribution is 6.35. The van der Waals surface area contributed by atoms with Gasteiger partial charge in [-0.2, -0.15) is 0 Å². The van der Waals surface area contributed by atoms with Crippen molar-refractivity contribution in [1.82, 2.24) is 5.32 Å². The number of carbonyl (C=O) groups is 3. The minimum Gasteiger partial charge on any atom is -0.448 e. The number of rotatable bonds is 6. The topological polar surface area (TPSA) is 84.5 Å². The number of halogens is 2. The molecule has 0 aliphatic rings. The summed E-state index contributed by atoms with van der Waals surface area (Å²) in [5, 5.41) is 5.69. The van der Waals surface area contributed by atoms with Crippen LogP contribution in [-0.2, 0) is 19.1 Å². The predicted octanol–water partition coefficient (Wildman–Crippen LogP) is 4.04. The van der Waals surface area contributed by atoms with Crippen LogP contribution in [0.2, 0.25) is 10.0 Å². The third-order valence-corrected chi connectivity index (χ3v) is 3.86. The van der Waals surface area contributed by atoms with Gasteiger partial charge in [0.05, 0.1) is 0 Å². The van der Waals surface area contributed by atoms with E-state index in [1.807, 2.05) is 6.07 Å². The number of carbonyl (C=O) groups excluding carboxylic acids is 3. The van der Waals surface area contributed by atoms with Crippen LogP contribution in [0.15, 0.2) is 54.2 Å². The Balaban J connectivity index is 2.09. The van der Waals surface area contributed by atoms with Gasteiger partial charge in [0.2, 0.25) is 5.91 Å². The van der Waals surface area contributed by atoms with Gasteiger partial charge in [-0.15, -0.1) is 0 Å². The maximum absolute atomic E-state index is 12.4. The first kappa shape index (κ1) is 21.5. The highest BCUT2D eigenvalue weighted by atomic mass is 35.5. The molecule has 1 atom stereocenters. The lowest BCUT2D eigenvalue weighted by molar-refractivity contribution is -0.149. The van der Waals surface area contributed by atoms with E-state index >= 15 is 0 Å². The molecular weight excluding hydrogens is 403 g/mol. The van der Waals surface area contributed by atoms with Gasteiger partial charge in [-0.25, -0.2) is 4.79 Å². The Morgan fingerprint density at radius 2 is 1.64 bits per heavy atom. The number of ether oxygens (including phenoxy) is 1. The summed E-state index contributed by atoms with van der Waals surface area (Å²) < 4.78 is 5.18. The van der Waals surface area contributed by atoms with Crippen molar-refractivity contribution in [2.24, 2.45) is 0 Å². The molecule has 0 aliphatic heterocycles. The van der Waals surface area contributed by atoms with Crippen molar-refractivity contribution in [3.63, 3.8) is 0 Å². The highest BCUT2D eigenvalue weighted by Gasteiger charge is 2.21. The summed E-state index contributed by atoms with van der Waals surface area (Å²) in [6.45, 7) is 2.68. The molecule has 6 nitrogen and oxygen atoms in total. The van der Waals surface area contributed by atoms with Crippen LogP contribution in [0.4, 0.5) is 5.69 Å². The fraction of sp³-hybridized carbons (Fsp3) is 0.150. The second-order valence-corrected chi connectivity index (χ2v) is 6.72. The van der Waals surface area contributed by atoms with E-state index in [0.717, 1.165) is 0 Å². The minimum atomic E-state index is -1.13. The Hall–Kier alpha value is -2.83. The summed E-state index contributed by atoms with van der Waals surface area (Å²) in [6.07, 6.45) is 0.337. The highest BCUT2D eigenvalue weighted by Crippen LogP contribution is 2.22. The average molecular weight is 421 g/mol. The summed E-state index contributed by atoms with van der Waals surface area (Å²) in [7, 11) is 0. The Morgan fingerprint density at radius 1 is 1.04 bits per heavy atom. The largest absolute Gasteiger partial charge is 0.448 e. The fourth-order valence-electron chi connectivity index (χ4n) is 2.20. The van der Waals surface area contributed by atoms with E-state index in [4.69, 9.17) is 27.9 Å². The van der Waals surface area contributed by atoms with E-state index in [0.29, 0.717) is 21.3 Å². The smallest absolute Gasteiger partial charge is 0.355 e. The van der Waals surface area contributed by atoms with Crippen molar-refractivity contribution in [3.8, 4) is 0 Å². The number of anilines is 1. The maximum Gasteiger partial charge on any atom is 0.355 e. The number of esters is 1. The molecule has 2 rings (SSSR count). The summed E-state index contributed by atoms with van der Waals surface area (Å²) in [5.41, 5.74) is 0.977. The molecule has 1 unspecified atom stereocenters. The van der Waals surface area contributed by atoms with Crippen molar-refractivity contribution in [1.29, 1.82) is 0 Å². The quantitative estimate of drug-likeness (QED) is 0.545. The van der Waals surface area contributed by atoms with E-state index in [1.54, 1.807) is 24.3 Å². The third-order valence-electron chi connectivity index (χ3n) is 3.42. The Morgan fingerprint density at radius 3 is 2.21 bits per heavy atom. The van der Waals surface area contributed by atoms with E-state index < -0.39 is 23.9 Å². The monoisotopic (exact) mass is 420 g/mol. The van der Waals surface area contributed by atoms with Crippen molar-refractivity contribution < 1.29 is 19.1 Å². The first-order valence-electron chi connectivity index (χ1n) is 8.27. The lowest BCUT2D eigenvalue weighted by Crippen LogP contribution is -2.33. The van der Waals surface area contributed by atoms with E-state index in [2.05, 4.69) is 10.6 Å². The number of nitrogens with one attached hydrogen (secondary N) is 2. The molecule has 0 spiro atoms. The van der Waals surface area contributed by atoms with Gasteiger partial charge < -0.3 is 15.4 Å². The zero-order valence-corrected chi connectivity index (χ0v) is 16.7. The maximum atomic E-state index is 12.4. The molecule has 2 amide bonds. The first-order valence-corrected chi connectivity index (χ1v) is 9.02. The van der Waals surface area contributed by atoms with Crippen LogP contribution in [0, 0.1) is 0 Å². The van der Waals surface area contributed by atoms with Crippen LogP contribution in [0.3, 0.4) is 0 Å². The molecule has 2 aromatic carbocycles. The number of benzene rings is 2. The SMILES string of the molecule is CC(=O)N/C(=C\c1ccccc1)C(=O)OC(C)C(=O)Nc1cc(Cl)cc(Cl)c1. The summed E-state index contributed by atoms with van der Waals surface area (Å²) in [5.74, 6) is -1.86. The Labute approximate surface area is 172 Å². The first-order chi connectivity index (χ1) is 13.2. The van der Waals surface area contributed by atoms with E-state index in [1.165, 1.54) is 38.1 Å². The van der Waals surface area contributed by atoms with Gasteiger partial charge in [0.25, 0.3) is 5.91 Å². The van der Waals surface area contributed by atoms with Crippen LogP contribution in [0.1, 0.15) is 19.4 Å². The standard InChI is InChI=1S/C20H18Cl2N2O4/c1-12(19(26)24-17-10-15(21)9-16(22)11-17)28-20(27)18(23-13(2)25)8-14-6-4-3-5-7-14/h3-12H,1-2H3,(H,23,25)(H,24,26)/b18-8-. The molecular formula is C20H18Cl2N2O4. The lowest BCUT2D eigenvalue weighted by Gasteiger charge is -2.15. The third kappa shape index (κ3) is 6.72. The number of hydrogen-bond donors (Lipinski definition) is 2. The number of hydrogen-bond acceptors (Lipinski definition) is 4. The molecule has 2 aromatic rings. The Kier molecular flexibility index (Phi) is 7.61. The fourth-order valence-corrected chi connectivity index (χ4v) is 2.73. The van der Waals surface area contributed by atoms with E-state index in [9.17, 15) is 14.4 Å². The van der Waals surface area contributed by atoms with Crippen molar-refractivity contribution >= 4 is 52.7 Å². The van der Waals surface area contributed by atoms with Gasteiger partial charge in [0.15, 0.2) is 6.10 Å². The molecule has 0 bridgehead atoms. The second kappa shape index (κ2) is 9.92. The number of amides is 2. The van der Waals surface area contributed by atoms with Gasteiger partial charge in [-0.3, -0.25) is 9.59 Å². The van der Waals surface area contributed by atoms with Gasteiger partial charge in [0, 0.05) is 22.7 Å².